The van der Waals surface area contributed by atoms with E-state index in [4.69, 9.17) is 0 Å². The van der Waals surface area contributed by atoms with E-state index in [-0.39, 0.29) is 12.2 Å². The van der Waals surface area contributed by atoms with Gasteiger partial charge < -0.3 is 5.11 Å². The minimum atomic E-state index is -1.01. The van der Waals surface area contributed by atoms with Gasteiger partial charge >= 0.3 is 6.03 Å². The Balaban J connectivity index is 2.42. The van der Waals surface area contributed by atoms with Crippen molar-refractivity contribution in [3.05, 3.63) is 25.0 Å². The van der Waals surface area contributed by atoms with E-state index in [1.165, 1.54) is 14.1 Å². The molecule has 1 aliphatic rings. The number of nitrogens with zero attached hydrogens (tertiary/aromatic N) is 2. The van der Waals surface area contributed by atoms with Crippen LogP contribution in [0.3, 0.4) is 0 Å². The van der Waals surface area contributed by atoms with Crippen LogP contribution in [0.2, 0.25) is 0 Å². The van der Waals surface area contributed by atoms with Crippen molar-refractivity contribution >= 4 is 65.6 Å². The van der Waals surface area contributed by atoms with Gasteiger partial charge in [-0.3, -0.25) is 19.4 Å². The predicted octanol–water partition coefficient (Wildman–Crippen LogP) is 2.89. The van der Waals surface area contributed by atoms with Gasteiger partial charge in [0, 0.05) is 18.6 Å². The fourth-order valence-electron chi connectivity index (χ4n) is 2.17. The van der Waals surface area contributed by atoms with Crippen molar-refractivity contribution < 1.29 is 19.5 Å². The third kappa shape index (κ3) is 2.81. The number of amides is 4. The number of phenols is 1. The number of barbiturate groups is 1. The Morgan fingerprint density at radius 2 is 1.55 bits per heavy atom. The number of phenolic OH excluding ortho intramolecular Hbond substituents is 1. The van der Waals surface area contributed by atoms with Crippen LogP contribution in [0.1, 0.15) is 5.56 Å². The standard InChI is InChI=1S/C13H11Br3N2O4/c1-17-11(20)6(12(21)18(2)13(17)22)3-5-7(14)4-8(15)10(19)9(5)16/h4,6,19H,3H2,1-2H3. The van der Waals surface area contributed by atoms with Crippen LogP contribution < -0.4 is 0 Å². The highest BCUT2D eigenvalue weighted by molar-refractivity contribution is 9.11. The van der Waals surface area contributed by atoms with Gasteiger partial charge in [0.1, 0.15) is 11.7 Å². The quantitative estimate of drug-likeness (QED) is 0.636. The van der Waals surface area contributed by atoms with Gasteiger partial charge in [0.05, 0.1) is 8.95 Å². The maximum Gasteiger partial charge on any atom is 0.332 e. The maximum absolute atomic E-state index is 12.2. The molecule has 0 aromatic heterocycles. The van der Waals surface area contributed by atoms with Gasteiger partial charge in [-0.05, 0) is 49.9 Å². The van der Waals surface area contributed by atoms with Gasteiger partial charge in [-0.2, -0.15) is 0 Å². The summed E-state index contributed by atoms with van der Waals surface area (Å²) in [6, 6.07) is 0.981. The van der Waals surface area contributed by atoms with E-state index in [1.807, 2.05) is 0 Å². The molecule has 1 fully saturated rings. The molecule has 0 radical (unpaired) electrons. The Kier molecular flexibility index (Phi) is 4.98. The molecule has 1 heterocycles. The van der Waals surface area contributed by atoms with E-state index in [1.54, 1.807) is 6.07 Å². The number of benzene rings is 1. The van der Waals surface area contributed by atoms with E-state index in [9.17, 15) is 19.5 Å². The summed E-state index contributed by atoms with van der Waals surface area (Å²) < 4.78 is 1.49. The van der Waals surface area contributed by atoms with Crippen LogP contribution in [0.15, 0.2) is 19.5 Å². The lowest BCUT2D eigenvalue weighted by molar-refractivity contribution is -0.147. The number of carbonyl (C=O) groups is 3. The van der Waals surface area contributed by atoms with E-state index in [0.29, 0.717) is 19.0 Å². The number of halogens is 3. The van der Waals surface area contributed by atoms with Crippen LogP contribution in [-0.4, -0.2) is 46.8 Å². The molecule has 1 N–H and O–H groups in total. The Morgan fingerprint density at radius 1 is 1.05 bits per heavy atom. The molecule has 0 unspecified atom stereocenters. The SMILES string of the molecule is CN1C(=O)C(Cc2c(Br)cc(Br)c(O)c2Br)C(=O)N(C)C1=O. The zero-order chi connectivity index (χ0) is 16.8. The van der Waals surface area contributed by atoms with Crippen molar-refractivity contribution in [1.29, 1.82) is 0 Å². The van der Waals surface area contributed by atoms with Crippen LogP contribution in [0, 0.1) is 5.92 Å². The van der Waals surface area contributed by atoms with Crippen LogP contribution in [0.5, 0.6) is 5.75 Å². The molecule has 1 aromatic carbocycles. The minimum Gasteiger partial charge on any atom is -0.506 e. The number of urea groups is 1. The topological polar surface area (TPSA) is 77.9 Å². The van der Waals surface area contributed by atoms with Gasteiger partial charge in [0.25, 0.3) is 0 Å². The molecule has 1 aromatic rings. The zero-order valence-corrected chi connectivity index (χ0v) is 16.3. The molecule has 2 rings (SSSR count). The summed E-state index contributed by atoms with van der Waals surface area (Å²) in [6.45, 7) is 0. The molecule has 0 bridgehead atoms. The third-order valence-electron chi connectivity index (χ3n) is 3.48. The molecule has 1 saturated heterocycles. The van der Waals surface area contributed by atoms with Crippen molar-refractivity contribution in [1.82, 2.24) is 9.80 Å². The number of hydrogen-bond donors (Lipinski definition) is 1. The average Bonchev–Trinajstić information content (AvgIpc) is 2.48. The summed E-state index contributed by atoms with van der Waals surface area (Å²) in [5, 5.41) is 9.96. The molecular weight excluding hydrogens is 488 g/mol. The Bertz CT molecular complexity index is 668. The van der Waals surface area contributed by atoms with Crippen molar-refractivity contribution in [2.24, 2.45) is 5.92 Å². The summed E-state index contributed by atoms with van der Waals surface area (Å²) in [5.41, 5.74) is 0.573. The lowest BCUT2D eigenvalue weighted by Crippen LogP contribution is -2.57. The van der Waals surface area contributed by atoms with Gasteiger partial charge in [-0.1, -0.05) is 15.9 Å². The molecule has 0 atom stereocenters. The Morgan fingerprint density at radius 3 is 2.05 bits per heavy atom. The first kappa shape index (κ1) is 17.4. The van der Waals surface area contributed by atoms with Gasteiger partial charge in [-0.25, -0.2) is 4.79 Å². The van der Waals surface area contributed by atoms with E-state index >= 15 is 0 Å². The maximum atomic E-state index is 12.2. The second kappa shape index (κ2) is 6.29. The number of hydrogen-bond acceptors (Lipinski definition) is 4. The third-order valence-corrected chi connectivity index (χ3v) is 5.65. The smallest absolute Gasteiger partial charge is 0.332 e. The van der Waals surface area contributed by atoms with Crippen molar-refractivity contribution in [2.45, 2.75) is 6.42 Å². The molecule has 9 heteroatoms. The number of rotatable bonds is 2. The molecular formula is C13H11Br3N2O4. The molecule has 0 aliphatic carbocycles. The number of carbonyl (C=O) groups excluding carboxylic acids is 3. The van der Waals surface area contributed by atoms with Crippen LogP contribution >= 0.6 is 47.8 Å². The van der Waals surface area contributed by atoms with Gasteiger partial charge in [0.2, 0.25) is 11.8 Å². The van der Waals surface area contributed by atoms with E-state index < -0.39 is 23.8 Å². The highest BCUT2D eigenvalue weighted by Crippen LogP contribution is 2.40. The first-order valence-corrected chi connectivity index (χ1v) is 8.49. The first-order valence-electron chi connectivity index (χ1n) is 6.11. The number of imide groups is 2. The molecule has 6 nitrogen and oxygen atoms in total. The van der Waals surface area contributed by atoms with Crippen molar-refractivity contribution in [3.63, 3.8) is 0 Å². The zero-order valence-electron chi connectivity index (χ0n) is 11.6. The van der Waals surface area contributed by atoms with Crippen molar-refractivity contribution in [3.8, 4) is 5.75 Å². The molecule has 22 heavy (non-hydrogen) atoms. The molecule has 0 saturated carbocycles. The highest BCUT2D eigenvalue weighted by Gasteiger charge is 2.42. The van der Waals surface area contributed by atoms with E-state index in [0.717, 1.165) is 9.80 Å². The summed E-state index contributed by atoms with van der Waals surface area (Å²) in [5.74, 6) is -2.16. The molecule has 4 amide bonds. The first-order chi connectivity index (χ1) is 10.2. The lowest BCUT2D eigenvalue weighted by atomic mass is 9.95. The van der Waals surface area contributed by atoms with Crippen LogP contribution in [-0.2, 0) is 16.0 Å². The summed E-state index contributed by atoms with van der Waals surface area (Å²) in [4.78, 5) is 38.0. The second-order valence-corrected chi connectivity index (χ2v) is 7.32. The second-order valence-electron chi connectivity index (χ2n) is 4.82. The number of aromatic hydroxyl groups is 1. The van der Waals surface area contributed by atoms with Gasteiger partial charge in [0.15, 0.2) is 0 Å². The Labute approximate surface area is 151 Å². The molecule has 1 aliphatic heterocycles. The highest BCUT2D eigenvalue weighted by atomic mass is 79.9. The summed E-state index contributed by atoms with van der Waals surface area (Å²) >= 11 is 9.82. The normalized spacial score (nSPS) is 16.7. The van der Waals surface area contributed by atoms with Crippen LogP contribution in [0.4, 0.5) is 4.79 Å². The summed E-state index contributed by atoms with van der Waals surface area (Å²) in [6.07, 6.45) is 0.0572. The average molecular weight is 499 g/mol. The lowest BCUT2D eigenvalue weighted by Gasteiger charge is -2.33. The van der Waals surface area contributed by atoms with Gasteiger partial charge in [-0.15, -0.1) is 0 Å². The molecule has 118 valence electrons. The Hall–Kier alpha value is -0.930. The fraction of sp³-hybridized carbons (Fsp3) is 0.308. The minimum absolute atomic E-state index is 0.0216. The monoisotopic (exact) mass is 496 g/mol. The van der Waals surface area contributed by atoms with Crippen LogP contribution in [0.25, 0.3) is 0 Å². The van der Waals surface area contributed by atoms with E-state index in [2.05, 4.69) is 47.8 Å². The summed E-state index contributed by atoms with van der Waals surface area (Å²) in [7, 11) is 2.67. The molecule has 0 spiro atoms. The van der Waals surface area contributed by atoms with Crippen molar-refractivity contribution in [2.75, 3.05) is 14.1 Å². The fourth-order valence-corrected chi connectivity index (χ4v) is 4.62. The largest absolute Gasteiger partial charge is 0.506 e. The predicted molar refractivity (Wildman–Crippen MR) is 89.3 cm³/mol.